The number of hydrogen-bond acceptors (Lipinski definition) is 8. The highest BCUT2D eigenvalue weighted by molar-refractivity contribution is 7.83. The van der Waals surface area contributed by atoms with Crippen LogP contribution in [-0.4, -0.2) is 77.7 Å². The van der Waals surface area contributed by atoms with Gasteiger partial charge in [-0.1, -0.05) is 0 Å². The van der Waals surface area contributed by atoms with E-state index in [1.54, 1.807) is 12.5 Å². The second-order valence-electron chi connectivity index (χ2n) is 5.64. The number of benzene rings is 1. The van der Waals surface area contributed by atoms with Crippen LogP contribution in [0.1, 0.15) is 31.1 Å². The molecule has 0 aliphatic heterocycles. The third-order valence-corrected chi connectivity index (χ3v) is 2.78. The second kappa shape index (κ2) is 16.4. The standard InChI is InChI=1S/C9H6O6.C6H14N4O2.C2H6OS/c10-7(11)4-1-5(8(12)13)3-6(2-4)9(14)15;7-1-3-9-5(11)6(12)10-4-2-8;1-4(2)3/h1-3H,(H,10,11)(H,12,13)(H,14,15);1-4,7-8H2,(H,9,11)(H,10,12);1-2H3. The molecule has 1 rings (SSSR count). The van der Waals surface area contributed by atoms with Gasteiger partial charge < -0.3 is 47.0 Å². The number of aromatic carboxylic acids is 3. The van der Waals surface area contributed by atoms with Crippen molar-refractivity contribution in [2.45, 2.75) is 0 Å². The van der Waals surface area contributed by atoms with Crippen LogP contribution < -0.4 is 32.3 Å². The van der Waals surface area contributed by atoms with E-state index in [2.05, 4.69) is 22.1 Å². The van der Waals surface area contributed by atoms with E-state index in [0.29, 0.717) is 26.2 Å². The van der Waals surface area contributed by atoms with E-state index in [4.69, 9.17) is 5.11 Å². The van der Waals surface area contributed by atoms with Gasteiger partial charge in [0, 0.05) is 23.3 Å². The molecule has 0 radical (unpaired) electrons. The Kier molecular flexibility index (Phi) is 15.8. The predicted molar refractivity (Wildman–Crippen MR) is 104 cm³/mol. The van der Waals surface area contributed by atoms with Crippen LogP contribution >= 0.6 is 0 Å². The highest BCUT2D eigenvalue weighted by Gasteiger charge is 2.11. The number of carboxylic acids is 3. The van der Waals surface area contributed by atoms with Crippen molar-refractivity contribution in [2.24, 2.45) is 0 Å². The number of quaternary nitrogens is 2. The van der Waals surface area contributed by atoms with Crippen LogP contribution in [0.2, 0.25) is 0 Å². The molecule has 0 saturated carbocycles. The minimum atomic E-state index is -1.65. The average molecular weight is 462 g/mol. The summed E-state index contributed by atoms with van der Waals surface area (Å²) in [5, 5.41) is 34.3. The maximum absolute atomic E-state index is 10.8. The maximum atomic E-state index is 10.8. The van der Waals surface area contributed by atoms with Gasteiger partial charge in [-0.15, -0.1) is 0 Å². The molecule has 1 aromatic carbocycles. The van der Waals surface area contributed by atoms with E-state index >= 15 is 0 Å². The zero-order valence-electron chi connectivity index (χ0n) is 17.1. The van der Waals surface area contributed by atoms with Crippen LogP contribution in [0.5, 0.6) is 0 Å². The Morgan fingerprint density at radius 2 is 1.13 bits per heavy atom. The summed E-state index contributed by atoms with van der Waals surface area (Å²) in [6, 6.07) is 2.39. The Balaban J connectivity index is 0. The van der Waals surface area contributed by atoms with E-state index in [1.165, 1.54) is 0 Å². The van der Waals surface area contributed by atoms with Crippen molar-refractivity contribution < 1.29 is 55.0 Å². The molecule has 174 valence electrons. The van der Waals surface area contributed by atoms with Gasteiger partial charge in [0.25, 0.3) is 0 Å². The first-order chi connectivity index (χ1) is 14.4. The molecule has 0 unspecified atom stereocenters. The molecule has 31 heavy (non-hydrogen) atoms. The maximum Gasteiger partial charge on any atom is 0.335 e. The van der Waals surface area contributed by atoms with E-state index < -0.39 is 57.2 Å². The normalized spacial score (nSPS) is 9.32. The van der Waals surface area contributed by atoms with Crippen LogP contribution in [0.25, 0.3) is 0 Å². The molecule has 0 aromatic heterocycles. The van der Waals surface area contributed by atoms with E-state index in [9.17, 15) is 38.4 Å². The highest BCUT2D eigenvalue weighted by Crippen LogP contribution is 2.09. The lowest BCUT2D eigenvalue weighted by Gasteiger charge is -2.08. The third kappa shape index (κ3) is 15.2. The van der Waals surface area contributed by atoms with Crippen molar-refractivity contribution in [2.75, 3.05) is 38.7 Å². The first-order valence-corrected chi connectivity index (χ1v) is 10.5. The smallest absolute Gasteiger partial charge is 0.335 e. The molecule has 0 fully saturated rings. The molecule has 0 heterocycles. The largest absolute Gasteiger partial charge is 0.545 e. The summed E-state index contributed by atoms with van der Waals surface area (Å²) in [7, 11) is -0.611. The summed E-state index contributed by atoms with van der Waals surface area (Å²) in [5.41, 5.74) is 5.56. The Bertz CT molecular complexity index is 714. The van der Waals surface area contributed by atoms with Crippen LogP contribution in [-0.2, 0) is 20.4 Å². The fourth-order valence-corrected chi connectivity index (χ4v) is 1.55. The van der Waals surface area contributed by atoms with Crippen molar-refractivity contribution in [1.29, 1.82) is 0 Å². The summed E-state index contributed by atoms with van der Waals surface area (Å²) in [6.07, 6.45) is 3.28. The Hall–Kier alpha value is -3.36. The lowest BCUT2D eigenvalue weighted by atomic mass is 10.1. The number of rotatable bonds is 7. The Labute approximate surface area is 180 Å². The van der Waals surface area contributed by atoms with Crippen molar-refractivity contribution in [1.82, 2.24) is 10.6 Å². The van der Waals surface area contributed by atoms with Gasteiger partial charge in [-0.3, -0.25) is 13.8 Å². The molecule has 2 amide bonds. The van der Waals surface area contributed by atoms with Crippen molar-refractivity contribution in [3.8, 4) is 0 Å². The van der Waals surface area contributed by atoms with E-state index in [0.717, 1.165) is 18.2 Å². The monoisotopic (exact) mass is 462 g/mol. The molecule has 0 spiro atoms. The molecule has 0 aliphatic carbocycles. The van der Waals surface area contributed by atoms with Gasteiger partial charge in [0.2, 0.25) is 0 Å². The summed E-state index contributed by atoms with van der Waals surface area (Å²) >= 11 is 0. The van der Waals surface area contributed by atoms with Gasteiger partial charge in [-0.25, -0.2) is 4.79 Å². The summed E-state index contributed by atoms with van der Waals surface area (Å²) in [5.74, 6) is -5.94. The Morgan fingerprint density at radius 1 is 0.839 bits per heavy atom. The van der Waals surface area contributed by atoms with E-state index in [-0.39, 0.29) is 0 Å². The molecule has 9 N–H and O–H groups in total. The summed E-state index contributed by atoms with van der Waals surface area (Å²) in [6.45, 7) is 2.01. The van der Waals surface area contributed by atoms with Gasteiger partial charge in [-0.2, -0.15) is 0 Å². The number of carboxylic acid groups (broad SMARTS) is 3. The van der Waals surface area contributed by atoms with Crippen LogP contribution in [0.15, 0.2) is 18.2 Å². The highest BCUT2D eigenvalue weighted by atomic mass is 32.2. The van der Waals surface area contributed by atoms with Crippen molar-refractivity contribution >= 4 is 40.5 Å². The summed E-state index contributed by atoms with van der Waals surface area (Å²) < 4.78 is 9.56. The van der Waals surface area contributed by atoms with Gasteiger partial charge >= 0.3 is 17.8 Å². The number of nitrogens with one attached hydrogen (secondary N) is 2. The number of carbonyl (C=O) groups excluding carboxylic acids is 4. The van der Waals surface area contributed by atoms with Crippen LogP contribution in [0.4, 0.5) is 0 Å². The molecule has 0 atom stereocenters. The van der Waals surface area contributed by atoms with Crippen LogP contribution in [0, 0.1) is 0 Å². The second-order valence-corrected chi connectivity index (χ2v) is 7.12. The molecule has 0 saturated heterocycles. The first-order valence-electron chi connectivity index (χ1n) is 8.57. The lowest BCUT2D eigenvalue weighted by molar-refractivity contribution is -0.365. The molecular formula is C17H26N4O9S. The van der Waals surface area contributed by atoms with Crippen LogP contribution in [0.3, 0.4) is 0 Å². The zero-order valence-corrected chi connectivity index (χ0v) is 17.9. The molecule has 13 nitrogen and oxygen atoms in total. The zero-order chi connectivity index (χ0) is 24.6. The number of hydrogen-bond donors (Lipinski definition) is 5. The lowest BCUT2D eigenvalue weighted by Crippen LogP contribution is -2.57. The van der Waals surface area contributed by atoms with Crippen molar-refractivity contribution in [3.05, 3.63) is 34.9 Å². The SMILES string of the molecule is CS(C)=O.O=C([O-])c1cc(C(=O)[O-])cc(C(=O)O)c1.[NH3+]CCNC(=O)C(=O)NCC[NH3+]. The molecular weight excluding hydrogens is 436 g/mol. The first kappa shape index (κ1) is 29.8. The Morgan fingerprint density at radius 3 is 1.35 bits per heavy atom. The van der Waals surface area contributed by atoms with E-state index in [1.807, 2.05) is 0 Å². The molecule has 0 aliphatic rings. The fraction of sp³-hybridized carbons (Fsp3) is 0.353. The minimum Gasteiger partial charge on any atom is -0.545 e. The predicted octanol–water partition coefficient (Wildman–Crippen LogP) is -6.19. The molecule has 1 aromatic rings. The van der Waals surface area contributed by atoms with Crippen molar-refractivity contribution in [3.63, 3.8) is 0 Å². The quantitative estimate of drug-likeness (QED) is 0.241. The van der Waals surface area contributed by atoms with Gasteiger partial charge in [0.1, 0.15) is 0 Å². The van der Waals surface area contributed by atoms with Gasteiger partial charge in [0.15, 0.2) is 0 Å². The third-order valence-electron chi connectivity index (χ3n) is 2.78. The van der Waals surface area contributed by atoms with Gasteiger partial charge in [-0.05, 0) is 29.3 Å². The van der Waals surface area contributed by atoms with Gasteiger partial charge in [0.05, 0.1) is 43.7 Å². The fourth-order valence-electron chi connectivity index (χ4n) is 1.55. The molecule has 14 heteroatoms. The molecule has 0 bridgehead atoms. The average Bonchev–Trinajstić information content (AvgIpc) is 2.69. The topological polar surface area (TPSA) is 248 Å². The minimum absolute atomic E-state index is 0.427. The number of carbonyl (C=O) groups is 5. The number of amides is 2. The summed E-state index contributed by atoms with van der Waals surface area (Å²) in [4.78, 5) is 53.1.